The van der Waals surface area contributed by atoms with Crippen molar-refractivity contribution in [3.05, 3.63) is 30.2 Å². The van der Waals surface area contributed by atoms with E-state index in [-0.39, 0.29) is 6.23 Å². The lowest BCUT2D eigenvalue weighted by Gasteiger charge is -2.33. The zero-order valence-corrected chi connectivity index (χ0v) is 17.7. The standard InChI is InChI=1S/C19H28N6O3S/c1-23-4-6-25(7-5-23)17-14-16(21-19(22-17)29(2)26)20-18-13-15(3-10-28-18)24-8-11-27-12-9-24/h3,10,13-14,18H,4-9,11-12H2,1-2H3,(H,20,21,22). The van der Waals surface area contributed by atoms with Crippen LogP contribution in [-0.2, 0) is 20.6 Å². The van der Waals surface area contributed by atoms with E-state index in [0.29, 0.717) is 11.0 Å². The molecule has 2 unspecified atom stereocenters. The van der Waals surface area contributed by atoms with E-state index in [9.17, 15) is 4.55 Å². The fourth-order valence-electron chi connectivity index (χ4n) is 3.51. The van der Waals surface area contributed by atoms with Crippen LogP contribution in [0.15, 0.2) is 35.3 Å². The van der Waals surface area contributed by atoms with Crippen molar-refractivity contribution in [3.63, 3.8) is 0 Å². The number of nitrogens with zero attached hydrogens (tertiary/aromatic N) is 5. The van der Waals surface area contributed by atoms with Crippen LogP contribution in [0, 0.1) is 0 Å². The lowest BCUT2D eigenvalue weighted by molar-refractivity contribution is 0.0535. The minimum Gasteiger partial charge on any atom is -0.609 e. The topological polar surface area (TPSA) is 89.0 Å². The normalized spacial score (nSPS) is 24.1. The Morgan fingerprint density at radius 2 is 1.86 bits per heavy atom. The highest BCUT2D eigenvalue weighted by Gasteiger charge is 2.22. The molecular formula is C19H28N6O3S. The van der Waals surface area contributed by atoms with E-state index >= 15 is 0 Å². The van der Waals surface area contributed by atoms with E-state index in [1.165, 1.54) is 0 Å². The first-order valence-corrected chi connectivity index (χ1v) is 11.4. The fourth-order valence-corrected chi connectivity index (χ4v) is 3.96. The smallest absolute Gasteiger partial charge is 0.346 e. The SMILES string of the molecule is CN1CCN(c2cc(NC3C=C(N4CCOCC4)C=CO3)nc([S+](C)[O-])n2)CC1. The molecule has 1 aromatic heterocycles. The number of nitrogens with one attached hydrogen (secondary N) is 1. The Bertz CT molecular complexity index is 760. The molecule has 3 aliphatic rings. The number of morpholine rings is 1. The predicted octanol–water partition coefficient (Wildman–Crippen LogP) is 0.464. The molecule has 0 amide bonds. The second-order valence-electron chi connectivity index (χ2n) is 7.33. The molecule has 1 aromatic rings. The summed E-state index contributed by atoms with van der Waals surface area (Å²) in [7, 11) is 2.11. The van der Waals surface area contributed by atoms with Crippen LogP contribution in [0.25, 0.3) is 0 Å². The maximum Gasteiger partial charge on any atom is 0.346 e. The molecule has 0 aromatic carbocycles. The van der Waals surface area contributed by atoms with Gasteiger partial charge in [-0.2, -0.15) is 9.97 Å². The molecule has 0 bridgehead atoms. The van der Waals surface area contributed by atoms with Crippen LogP contribution in [-0.4, -0.2) is 96.3 Å². The van der Waals surface area contributed by atoms with Crippen molar-refractivity contribution in [1.29, 1.82) is 0 Å². The van der Waals surface area contributed by atoms with Gasteiger partial charge in [0.1, 0.15) is 17.9 Å². The molecule has 1 N–H and O–H groups in total. The van der Waals surface area contributed by atoms with Gasteiger partial charge in [-0.3, -0.25) is 0 Å². The zero-order chi connectivity index (χ0) is 20.2. The van der Waals surface area contributed by atoms with Crippen LogP contribution in [0.1, 0.15) is 0 Å². The first kappa shape index (κ1) is 20.3. The molecule has 0 radical (unpaired) electrons. The van der Waals surface area contributed by atoms with Gasteiger partial charge in [-0.05, 0) is 13.1 Å². The Morgan fingerprint density at radius 3 is 2.59 bits per heavy atom. The quantitative estimate of drug-likeness (QED) is 0.539. The van der Waals surface area contributed by atoms with Gasteiger partial charge in [0.25, 0.3) is 0 Å². The number of hydrogen-bond acceptors (Lipinski definition) is 9. The van der Waals surface area contributed by atoms with Crippen LogP contribution < -0.4 is 10.2 Å². The Balaban J connectivity index is 1.51. The highest BCUT2D eigenvalue weighted by atomic mass is 32.2. The van der Waals surface area contributed by atoms with E-state index < -0.39 is 11.2 Å². The number of rotatable bonds is 5. The number of hydrogen-bond donors (Lipinski definition) is 1. The summed E-state index contributed by atoms with van der Waals surface area (Å²) in [6.07, 6.45) is 6.94. The van der Waals surface area contributed by atoms with E-state index in [0.717, 1.165) is 64.0 Å². The first-order chi connectivity index (χ1) is 14.1. The van der Waals surface area contributed by atoms with Gasteiger partial charge in [0.15, 0.2) is 6.23 Å². The molecule has 10 heteroatoms. The molecule has 3 aliphatic heterocycles. The predicted molar refractivity (Wildman–Crippen MR) is 112 cm³/mol. The van der Waals surface area contributed by atoms with Crippen LogP contribution in [0.2, 0.25) is 0 Å². The molecule has 0 spiro atoms. The molecule has 2 atom stereocenters. The van der Waals surface area contributed by atoms with Gasteiger partial charge in [-0.15, -0.1) is 0 Å². The van der Waals surface area contributed by atoms with Gasteiger partial charge in [0.2, 0.25) is 0 Å². The summed E-state index contributed by atoms with van der Waals surface area (Å²) in [4.78, 5) is 15.7. The number of allylic oxidation sites excluding steroid dienone is 1. The van der Waals surface area contributed by atoms with Gasteiger partial charge in [0, 0.05) is 68.3 Å². The monoisotopic (exact) mass is 420 g/mol. The van der Waals surface area contributed by atoms with E-state index in [1.807, 2.05) is 18.2 Å². The maximum absolute atomic E-state index is 12.1. The van der Waals surface area contributed by atoms with Crippen molar-refractivity contribution in [2.75, 3.05) is 76.0 Å². The van der Waals surface area contributed by atoms with Crippen molar-refractivity contribution < 1.29 is 14.0 Å². The van der Waals surface area contributed by atoms with Gasteiger partial charge in [0.05, 0.1) is 19.5 Å². The third-order valence-electron chi connectivity index (χ3n) is 5.23. The number of likely N-dealkylation sites (N-methyl/N-ethyl adjacent to an activating group) is 1. The van der Waals surface area contributed by atoms with Gasteiger partial charge in [-0.1, -0.05) is 0 Å². The van der Waals surface area contributed by atoms with Gasteiger partial charge >= 0.3 is 5.16 Å². The number of aromatic nitrogens is 2. The summed E-state index contributed by atoms with van der Waals surface area (Å²) in [6, 6.07) is 1.91. The second kappa shape index (κ2) is 9.21. The molecular weight excluding hydrogens is 392 g/mol. The van der Waals surface area contributed by atoms with Crippen LogP contribution in [0.5, 0.6) is 0 Å². The van der Waals surface area contributed by atoms with Crippen molar-refractivity contribution in [2.24, 2.45) is 0 Å². The second-order valence-corrected chi connectivity index (χ2v) is 8.61. The number of anilines is 2. The number of ether oxygens (including phenoxy) is 2. The summed E-state index contributed by atoms with van der Waals surface area (Å²) in [5, 5.41) is 3.63. The van der Waals surface area contributed by atoms with E-state index in [2.05, 4.69) is 37.0 Å². The molecule has 2 fully saturated rings. The summed E-state index contributed by atoms with van der Waals surface area (Å²) >= 11 is -1.27. The largest absolute Gasteiger partial charge is 0.609 e. The molecule has 0 aliphatic carbocycles. The summed E-state index contributed by atoms with van der Waals surface area (Å²) in [5.41, 5.74) is 1.10. The van der Waals surface area contributed by atoms with Crippen molar-refractivity contribution in [3.8, 4) is 0 Å². The number of piperazine rings is 1. The van der Waals surface area contributed by atoms with Crippen molar-refractivity contribution in [2.45, 2.75) is 11.4 Å². The van der Waals surface area contributed by atoms with Crippen molar-refractivity contribution >= 4 is 22.8 Å². The zero-order valence-electron chi connectivity index (χ0n) is 16.9. The van der Waals surface area contributed by atoms with E-state index in [4.69, 9.17) is 9.47 Å². The van der Waals surface area contributed by atoms with E-state index in [1.54, 1.807) is 12.5 Å². The van der Waals surface area contributed by atoms with Crippen LogP contribution in [0.4, 0.5) is 11.6 Å². The third kappa shape index (κ3) is 5.13. The molecule has 158 valence electrons. The molecule has 9 nitrogen and oxygen atoms in total. The average Bonchev–Trinajstić information content (AvgIpc) is 2.75. The molecule has 29 heavy (non-hydrogen) atoms. The lowest BCUT2D eigenvalue weighted by Crippen LogP contribution is -2.45. The first-order valence-electron chi connectivity index (χ1n) is 9.87. The minimum atomic E-state index is -1.27. The molecule has 4 rings (SSSR count). The summed E-state index contributed by atoms with van der Waals surface area (Å²) < 4.78 is 23.2. The Morgan fingerprint density at radius 1 is 1.10 bits per heavy atom. The highest BCUT2D eigenvalue weighted by molar-refractivity contribution is 7.90. The summed E-state index contributed by atoms with van der Waals surface area (Å²) in [5.74, 6) is 1.40. The third-order valence-corrected chi connectivity index (χ3v) is 5.93. The van der Waals surface area contributed by atoms with Crippen LogP contribution in [0.3, 0.4) is 0 Å². The highest BCUT2D eigenvalue weighted by Crippen LogP contribution is 2.22. The lowest BCUT2D eigenvalue weighted by atomic mass is 10.2. The Kier molecular flexibility index (Phi) is 6.43. The summed E-state index contributed by atoms with van der Waals surface area (Å²) in [6.45, 7) is 6.90. The van der Waals surface area contributed by atoms with Crippen molar-refractivity contribution in [1.82, 2.24) is 19.8 Å². The maximum atomic E-state index is 12.1. The Hall–Kier alpha value is -2.01. The van der Waals surface area contributed by atoms with Crippen LogP contribution >= 0.6 is 0 Å². The average molecular weight is 421 g/mol. The van der Waals surface area contributed by atoms with Gasteiger partial charge < -0.3 is 34.0 Å². The minimum absolute atomic E-state index is 0.327. The molecule has 0 saturated carbocycles. The molecule has 4 heterocycles. The fraction of sp³-hybridized carbons (Fsp3) is 0.579. The Labute approximate surface area is 174 Å². The molecule has 2 saturated heterocycles. The van der Waals surface area contributed by atoms with Gasteiger partial charge in [-0.25, -0.2) is 0 Å².